The van der Waals surface area contributed by atoms with Crippen LogP contribution in [0.1, 0.15) is 37.0 Å². The molecule has 0 saturated heterocycles. The van der Waals surface area contributed by atoms with E-state index in [1.807, 2.05) is 43.3 Å². The van der Waals surface area contributed by atoms with Crippen LogP contribution in [0, 0.1) is 0 Å². The average molecular weight is 291 g/mol. The van der Waals surface area contributed by atoms with Gasteiger partial charge in [0.25, 0.3) is 5.91 Å². The Kier molecular flexibility index (Phi) is 7.83. The number of nitrogens with one attached hydrogen (secondary N) is 1. The van der Waals surface area contributed by atoms with Crippen molar-refractivity contribution in [2.24, 2.45) is 0 Å². The maximum atomic E-state index is 12.0. The highest BCUT2D eigenvalue weighted by Crippen LogP contribution is 2.12. The van der Waals surface area contributed by atoms with Crippen LogP contribution in [0.3, 0.4) is 0 Å². The topological polar surface area (TPSA) is 35.6 Å². The molecule has 118 valence electrons. The average Bonchev–Trinajstić information content (AvgIpc) is 2.50. The molecule has 0 aliphatic carbocycles. The molecule has 0 fully saturated rings. The van der Waals surface area contributed by atoms with Gasteiger partial charge in [0.2, 0.25) is 0 Å². The largest absolute Gasteiger partial charge is 0.378 e. The molecule has 1 N–H and O–H groups in total. The van der Waals surface area contributed by atoms with Gasteiger partial charge in [0.05, 0.1) is 0 Å². The van der Waals surface area contributed by atoms with Crippen molar-refractivity contribution >= 4 is 11.6 Å². The number of hydrogen-bond acceptors (Lipinski definition) is 3. The molecule has 0 bridgehead atoms. The summed E-state index contributed by atoms with van der Waals surface area (Å²) < 4.78 is 0. The molecule has 1 aromatic rings. The second kappa shape index (κ2) is 9.40. The van der Waals surface area contributed by atoms with Gasteiger partial charge in [-0.1, -0.05) is 13.8 Å². The van der Waals surface area contributed by atoms with E-state index in [0.717, 1.165) is 50.3 Å². The first-order valence-corrected chi connectivity index (χ1v) is 7.86. The number of carbonyl (C=O) groups is 1. The van der Waals surface area contributed by atoms with Gasteiger partial charge in [-0.2, -0.15) is 0 Å². The second-order valence-corrected chi connectivity index (χ2v) is 5.43. The number of carbonyl (C=O) groups excluding carboxylic acids is 1. The molecule has 0 spiro atoms. The Morgan fingerprint density at radius 3 is 2.19 bits per heavy atom. The molecule has 21 heavy (non-hydrogen) atoms. The first-order chi connectivity index (χ1) is 10.1. The zero-order valence-electron chi connectivity index (χ0n) is 13.9. The molecule has 1 amide bonds. The van der Waals surface area contributed by atoms with Gasteiger partial charge in [0, 0.05) is 31.9 Å². The smallest absolute Gasteiger partial charge is 0.251 e. The third-order valence-corrected chi connectivity index (χ3v) is 3.73. The summed E-state index contributed by atoms with van der Waals surface area (Å²) >= 11 is 0. The van der Waals surface area contributed by atoms with E-state index < -0.39 is 0 Å². The van der Waals surface area contributed by atoms with Crippen LogP contribution < -0.4 is 10.2 Å². The second-order valence-electron chi connectivity index (χ2n) is 5.43. The molecule has 4 heteroatoms. The van der Waals surface area contributed by atoms with Gasteiger partial charge in [0.15, 0.2) is 0 Å². The Morgan fingerprint density at radius 2 is 1.67 bits per heavy atom. The van der Waals surface area contributed by atoms with E-state index in [2.05, 4.69) is 24.1 Å². The van der Waals surface area contributed by atoms with Gasteiger partial charge in [-0.15, -0.1) is 0 Å². The highest BCUT2D eigenvalue weighted by atomic mass is 16.1. The fraction of sp³-hybridized carbons (Fsp3) is 0.588. The minimum absolute atomic E-state index is 0.0168. The summed E-state index contributed by atoms with van der Waals surface area (Å²) in [4.78, 5) is 16.4. The Labute approximate surface area is 129 Å². The zero-order valence-corrected chi connectivity index (χ0v) is 13.9. The SMILES string of the molecule is CCN(CC)CCCCNC(=O)c1ccc(N(C)C)cc1. The van der Waals surface area contributed by atoms with Crippen molar-refractivity contribution in [2.45, 2.75) is 26.7 Å². The minimum Gasteiger partial charge on any atom is -0.378 e. The lowest BCUT2D eigenvalue weighted by Gasteiger charge is -2.17. The highest BCUT2D eigenvalue weighted by Gasteiger charge is 2.05. The first-order valence-electron chi connectivity index (χ1n) is 7.86. The molecule has 1 aromatic carbocycles. The Morgan fingerprint density at radius 1 is 1.05 bits per heavy atom. The predicted molar refractivity (Wildman–Crippen MR) is 90.1 cm³/mol. The van der Waals surface area contributed by atoms with Crippen LogP contribution in [-0.2, 0) is 0 Å². The van der Waals surface area contributed by atoms with Gasteiger partial charge < -0.3 is 15.1 Å². The molecule has 0 radical (unpaired) electrons. The molecule has 0 heterocycles. The monoisotopic (exact) mass is 291 g/mol. The number of benzene rings is 1. The standard InChI is InChI=1S/C17H29N3O/c1-5-20(6-2)14-8-7-13-18-17(21)15-9-11-16(12-10-15)19(3)4/h9-12H,5-8,13-14H2,1-4H3,(H,18,21). The zero-order chi connectivity index (χ0) is 15.7. The van der Waals surface area contributed by atoms with Crippen LogP contribution in [0.25, 0.3) is 0 Å². The van der Waals surface area contributed by atoms with Gasteiger partial charge in [-0.05, 0) is 56.7 Å². The van der Waals surface area contributed by atoms with Crippen LogP contribution in [-0.4, -0.2) is 51.1 Å². The van der Waals surface area contributed by atoms with Crippen molar-refractivity contribution in [1.82, 2.24) is 10.2 Å². The van der Waals surface area contributed by atoms with Gasteiger partial charge >= 0.3 is 0 Å². The normalized spacial score (nSPS) is 10.7. The number of amides is 1. The van der Waals surface area contributed by atoms with Crippen LogP contribution in [0.4, 0.5) is 5.69 Å². The number of rotatable bonds is 9. The van der Waals surface area contributed by atoms with Crippen LogP contribution in [0.2, 0.25) is 0 Å². The predicted octanol–water partition coefficient (Wildman–Crippen LogP) is 2.60. The van der Waals surface area contributed by atoms with Crippen molar-refractivity contribution < 1.29 is 4.79 Å². The van der Waals surface area contributed by atoms with Crippen molar-refractivity contribution in [2.75, 3.05) is 45.2 Å². The molecule has 1 rings (SSSR count). The molecule has 0 atom stereocenters. The molecule has 0 aromatic heterocycles. The van der Waals surface area contributed by atoms with Crippen LogP contribution >= 0.6 is 0 Å². The third kappa shape index (κ3) is 6.17. The van der Waals surface area contributed by atoms with Crippen molar-refractivity contribution in [3.8, 4) is 0 Å². The summed E-state index contributed by atoms with van der Waals surface area (Å²) in [6.45, 7) is 8.42. The van der Waals surface area contributed by atoms with Crippen molar-refractivity contribution in [3.63, 3.8) is 0 Å². The number of hydrogen-bond donors (Lipinski definition) is 1. The van der Waals surface area contributed by atoms with Crippen molar-refractivity contribution in [3.05, 3.63) is 29.8 Å². The first kappa shape index (κ1) is 17.5. The third-order valence-electron chi connectivity index (χ3n) is 3.73. The lowest BCUT2D eigenvalue weighted by molar-refractivity contribution is 0.0952. The number of unbranched alkanes of at least 4 members (excludes halogenated alkanes) is 1. The molecule has 0 unspecified atom stereocenters. The minimum atomic E-state index is 0.0168. The Balaban J connectivity index is 2.27. The maximum absolute atomic E-state index is 12.0. The Hall–Kier alpha value is -1.55. The number of anilines is 1. The molecule has 4 nitrogen and oxygen atoms in total. The highest BCUT2D eigenvalue weighted by molar-refractivity contribution is 5.94. The van der Waals surface area contributed by atoms with E-state index in [1.165, 1.54) is 0 Å². The molecule has 0 aliphatic heterocycles. The number of nitrogens with zero attached hydrogens (tertiary/aromatic N) is 2. The van der Waals surface area contributed by atoms with Gasteiger partial charge in [-0.25, -0.2) is 0 Å². The van der Waals surface area contributed by atoms with E-state index in [0.29, 0.717) is 0 Å². The van der Waals surface area contributed by atoms with Gasteiger partial charge in [0.1, 0.15) is 0 Å². The fourth-order valence-electron chi connectivity index (χ4n) is 2.22. The van der Waals surface area contributed by atoms with E-state index in [9.17, 15) is 4.79 Å². The van der Waals surface area contributed by atoms with Gasteiger partial charge in [-0.3, -0.25) is 4.79 Å². The van der Waals surface area contributed by atoms with E-state index in [-0.39, 0.29) is 5.91 Å². The Bertz CT molecular complexity index is 411. The van der Waals surface area contributed by atoms with E-state index >= 15 is 0 Å². The quantitative estimate of drug-likeness (QED) is 0.710. The van der Waals surface area contributed by atoms with Crippen LogP contribution in [0.15, 0.2) is 24.3 Å². The maximum Gasteiger partial charge on any atom is 0.251 e. The van der Waals surface area contributed by atoms with E-state index in [1.54, 1.807) is 0 Å². The lowest BCUT2D eigenvalue weighted by Crippen LogP contribution is -2.27. The van der Waals surface area contributed by atoms with Crippen LogP contribution in [0.5, 0.6) is 0 Å². The molecule has 0 aliphatic rings. The summed E-state index contributed by atoms with van der Waals surface area (Å²) in [5.74, 6) is 0.0168. The summed E-state index contributed by atoms with van der Waals surface area (Å²) in [5, 5.41) is 2.99. The summed E-state index contributed by atoms with van der Waals surface area (Å²) in [6.07, 6.45) is 2.15. The lowest BCUT2D eigenvalue weighted by atomic mass is 10.2. The summed E-state index contributed by atoms with van der Waals surface area (Å²) in [5.41, 5.74) is 1.83. The van der Waals surface area contributed by atoms with Crippen molar-refractivity contribution in [1.29, 1.82) is 0 Å². The molecule has 0 saturated carbocycles. The van der Waals surface area contributed by atoms with E-state index in [4.69, 9.17) is 0 Å². The summed E-state index contributed by atoms with van der Waals surface area (Å²) in [6, 6.07) is 7.69. The molecular formula is C17H29N3O. The summed E-state index contributed by atoms with van der Waals surface area (Å²) in [7, 11) is 3.98. The fourth-order valence-corrected chi connectivity index (χ4v) is 2.22. The molecular weight excluding hydrogens is 262 g/mol.